The number of amides is 1. The summed E-state index contributed by atoms with van der Waals surface area (Å²) in [6, 6.07) is 3.78. The normalized spacial score (nSPS) is 20.5. The van der Waals surface area contributed by atoms with Gasteiger partial charge in [0.05, 0.1) is 0 Å². The lowest BCUT2D eigenvalue weighted by Gasteiger charge is -2.32. The van der Waals surface area contributed by atoms with Gasteiger partial charge in [-0.25, -0.2) is 9.97 Å². The Morgan fingerprint density at radius 2 is 2.24 bits per heavy atom. The average molecular weight is 340 g/mol. The molecule has 2 fully saturated rings. The first-order chi connectivity index (χ1) is 12.2. The highest BCUT2D eigenvalue weighted by molar-refractivity contribution is 5.81. The van der Waals surface area contributed by atoms with Crippen LogP contribution >= 0.6 is 0 Å². The van der Waals surface area contributed by atoms with E-state index in [1.54, 1.807) is 6.20 Å². The highest BCUT2D eigenvalue weighted by atomic mass is 16.2. The number of aryl methyl sites for hydroxylation is 1. The van der Waals surface area contributed by atoms with E-state index in [1.165, 1.54) is 0 Å². The van der Waals surface area contributed by atoms with Crippen molar-refractivity contribution in [2.24, 2.45) is 11.8 Å². The minimum atomic E-state index is 0.305. The van der Waals surface area contributed by atoms with Crippen LogP contribution in [0.4, 0.5) is 11.6 Å². The van der Waals surface area contributed by atoms with Gasteiger partial charge < -0.3 is 10.2 Å². The molecule has 0 aromatic carbocycles. The summed E-state index contributed by atoms with van der Waals surface area (Å²) in [5.74, 6) is 3.43. The van der Waals surface area contributed by atoms with Crippen molar-refractivity contribution in [2.45, 2.75) is 39.0 Å². The molecule has 1 aliphatic heterocycles. The first kappa shape index (κ1) is 16.1. The van der Waals surface area contributed by atoms with Gasteiger partial charge in [-0.15, -0.1) is 0 Å². The molecular formula is C18H24N6O. The fourth-order valence-electron chi connectivity index (χ4n) is 3.46. The van der Waals surface area contributed by atoms with Gasteiger partial charge in [0.25, 0.3) is 0 Å². The molecule has 1 saturated heterocycles. The number of H-pyrrole nitrogens is 1. The maximum atomic E-state index is 12.3. The van der Waals surface area contributed by atoms with Crippen LogP contribution in [0, 0.1) is 18.8 Å². The molecule has 7 nitrogen and oxygen atoms in total. The largest absolute Gasteiger partial charge is 0.342 e. The third-order valence-corrected chi connectivity index (χ3v) is 4.90. The lowest BCUT2D eigenvalue weighted by atomic mass is 9.94. The van der Waals surface area contributed by atoms with Crippen molar-refractivity contribution in [3.8, 4) is 0 Å². The van der Waals surface area contributed by atoms with Crippen molar-refractivity contribution in [2.75, 3.05) is 18.4 Å². The van der Waals surface area contributed by atoms with Crippen LogP contribution in [0.3, 0.4) is 0 Å². The number of carbonyl (C=O) groups excluding carboxylic acids is 1. The number of nitrogens with one attached hydrogen (secondary N) is 2. The first-order valence-corrected chi connectivity index (χ1v) is 9.07. The maximum absolute atomic E-state index is 12.3. The van der Waals surface area contributed by atoms with Crippen molar-refractivity contribution < 1.29 is 4.79 Å². The molecule has 0 unspecified atom stereocenters. The zero-order chi connectivity index (χ0) is 17.2. The summed E-state index contributed by atoms with van der Waals surface area (Å²) in [5.41, 5.74) is 0.999. The molecule has 2 N–H and O–H groups in total. The quantitative estimate of drug-likeness (QED) is 0.873. The molecule has 0 radical (unpaired) electrons. The minimum absolute atomic E-state index is 0.305. The Morgan fingerprint density at radius 1 is 1.36 bits per heavy atom. The van der Waals surface area contributed by atoms with E-state index in [1.807, 2.05) is 19.1 Å². The molecule has 2 aliphatic rings. The second-order valence-corrected chi connectivity index (χ2v) is 7.19. The molecule has 7 heteroatoms. The predicted octanol–water partition coefficient (Wildman–Crippen LogP) is 2.44. The fourth-order valence-corrected chi connectivity index (χ4v) is 3.46. The lowest BCUT2D eigenvalue weighted by molar-refractivity contribution is -0.134. The van der Waals surface area contributed by atoms with Gasteiger partial charge in [-0.05, 0) is 44.6 Å². The van der Waals surface area contributed by atoms with Crippen LogP contribution in [0.5, 0.6) is 0 Å². The molecule has 1 atom stereocenters. The number of anilines is 2. The molecule has 3 heterocycles. The molecule has 1 saturated carbocycles. The Bertz CT molecular complexity index is 754. The second-order valence-electron chi connectivity index (χ2n) is 7.19. The van der Waals surface area contributed by atoms with Gasteiger partial charge in [0.15, 0.2) is 5.82 Å². The highest BCUT2D eigenvalue weighted by Gasteiger charge is 2.35. The lowest BCUT2D eigenvalue weighted by Crippen LogP contribution is -2.41. The first-order valence-electron chi connectivity index (χ1n) is 9.07. The number of hydrogen-bond donors (Lipinski definition) is 2. The Morgan fingerprint density at radius 3 is 3.00 bits per heavy atom. The van der Waals surface area contributed by atoms with Gasteiger partial charge in [-0.1, -0.05) is 0 Å². The van der Waals surface area contributed by atoms with E-state index in [9.17, 15) is 4.79 Å². The zero-order valence-corrected chi connectivity index (χ0v) is 14.5. The number of carbonyl (C=O) groups is 1. The van der Waals surface area contributed by atoms with Gasteiger partial charge in [0.1, 0.15) is 11.6 Å². The van der Waals surface area contributed by atoms with E-state index >= 15 is 0 Å². The van der Waals surface area contributed by atoms with Crippen LogP contribution < -0.4 is 5.32 Å². The van der Waals surface area contributed by atoms with Gasteiger partial charge in [0, 0.05) is 43.4 Å². The summed E-state index contributed by atoms with van der Waals surface area (Å²) < 4.78 is 0. The van der Waals surface area contributed by atoms with E-state index in [0.29, 0.717) is 17.7 Å². The van der Waals surface area contributed by atoms with Gasteiger partial charge in [0.2, 0.25) is 5.91 Å². The van der Waals surface area contributed by atoms with Gasteiger partial charge in [-0.2, -0.15) is 5.10 Å². The molecule has 2 aromatic rings. The van der Waals surface area contributed by atoms with Crippen LogP contribution in [0.15, 0.2) is 18.3 Å². The third kappa shape index (κ3) is 3.97. The van der Waals surface area contributed by atoms with Crippen LogP contribution in [0.1, 0.15) is 37.2 Å². The molecule has 0 spiro atoms. The van der Waals surface area contributed by atoms with E-state index in [2.05, 4.69) is 30.4 Å². The zero-order valence-electron chi connectivity index (χ0n) is 14.5. The molecular weight excluding hydrogens is 316 g/mol. The predicted molar refractivity (Wildman–Crippen MR) is 94.4 cm³/mol. The van der Waals surface area contributed by atoms with E-state index in [-0.39, 0.29) is 0 Å². The smallest absolute Gasteiger partial charge is 0.225 e. The molecule has 1 aliphatic carbocycles. The summed E-state index contributed by atoms with van der Waals surface area (Å²) in [4.78, 5) is 23.4. The van der Waals surface area contributed by atoms with E-state index in [0.717, 1.165) is 68.3 Å². The maximum Gasteiger partial charge on any atom is 0.225 e. The Labute approximate surface area is 147 Å². The summed E-state index contributed by atoms with van der Waals surface area (Å²) in [6.07, 6.45) is 6.94. The monoisotopic (exact) mass is 340 g/mol. The standard InChI is InChI=1S/C18H24N6O/c1-12-9-17(23-22-12)21-15-6-7-19-16(20-15)10-13-3-2-8-24(11-13)18(25)14-4-5-14/h6-7,9,13-14H,2-5,8,10-11H2,1H3,(H2,19,20,21,22,23)/t13-/m0/s1. The van der Waals surface area contributed by atoms with Crippen LogP contribution in [0.2, 0.25) is 0 Å². The highest BCUT2D eigenvalue weighted by Crippen LogP contribution is 2.32. The molecule has 1 amide bonds. The van der Waals surface area contributed by atoms with E-state index in [4.69, 9.17) is 0 Å². The summed E-state index contributed by atoms with van der Waals surface area (Å²) in [5, 5.41) is 10.3. The minimum Gasteiger partial charge on any atom is -0.342 e. The number of aromatic amines is 1. The van der Waals surface area contributed by atoms with Crippen molar-refractivity contribution in [3.63, 3.8) is 0 Å². The molecule has 4 rings (SSSR count). The number of piperidine rings is 1. The molecule has 0 bridgehead atoms. The summed E-state index contributed by atoms with van der Waals surface area (Å²) >= 11 is 0. The molecule has 25 heavy (non-hydrogen) atoms. The fraction of sp³-hybridized carbons (Fsp3) is 0.556. The Hall–Kier alpha value is -2.44. The Kier molecular flexibility index (Phi) is 4.38. The van der Waals surface area contributed by atoms with Gasteiger partial charge >= 0.3 is 0 Å². The van der Waals surface area contributed by atoms with Gasteiger partial charge in [-0.3, -0.25) is 9.89 Å². The number of rotatable bonds is 5. The SMILES string of the molecule is Cc1cc(Nc2ccnc(C[C@@H]3CCCN(C(=O)C4CC4)C3)n2)n[nH]1. The average Bonchev–Trinajstić information content (AvgIpc) is 3.38. The number of nitrogens with zero attached hydrogens (tertiary/aromatic N) is 4. The van der Waals surface area contributed by atoms with E-state index < -0.39 is 0 Å². The van der Waals surface area contributed by atoms with Crippen molar-refractivity contribution in [1.29, 1.82) is 0 Å². The number of hydrogen-bond acceptors (Lipinski definition) is 5. The third-order valence-electron chi connectivity index (χ3n) is 4.90. The summed E-state index contributed by atoms with van der Waals surface area (Å²) in [6.45, 7) is 3.71. The number of aromatic nitrogens is 4. The molecule has 132 valence electrons. The Balaban J connectivity index is 1.38. The van der Waals surface area contributed by atoms with Crippen molar-refractivity contribution in [1.82, 2.24) is 25.1 Å². The van der Waals surface area contributed by atoms with Crippen LogP contribution in [-0.4, -0.2) is 44.1 Å². The molecule has 2 aromatic heterocycles. The topological polar surface area (TPSA) is 86.8 Å². The van der Waals surface area contributed by atoms with Crippen LogP contribution in [0.25, 0.3) is 0 Å². The summed E-state index contributed by atoms with van der Waals surface area (Å²) in [7, 11) is 0. The number of likely N-dealkylation sites (tertiary alicyclic amines) is 1. The van der Waals surface area contributed by atoms with Crippen molar-refractivity contribution in [3.05, 3.63) is 29.8 Å². The second kappa shape index (κ2) is 6.82. The van der Waals surface area contributed by atoms with Crippen LogP contribution in [-0.2, 0) is 11.2 Å². The van der Waals surface area contributed by atoms with Crippen molar-refractivity contribution >= 4 is 17.5 Å².